The van der Waals surface area contributed by atoms with Crippen LogP contribution in [0.5, 0.6) is 0 Å². The van der Waals surface area contributed by atoms with Crippen molar-refractivity contribution < 1.29 is 14.1 Å². The van der Waals surface area contributed by atoms with Crippen molar-refractivity contribution in [2.45, 2.75) is 6.42 Å². The van der Waals surface area contributed by atoms with Gasteiger partial charge in [-0.05, 0) is 18.4 Å². The quantitative estimate of drug-likeness (QED) is 0.486. The first-order chi connectivity index (χ1) is 9.02. The molecule has 0 spiro atoms. The number of nitrogens with zero attached hydrogens (tertiary/aromatic N) is 2. The number of alkyl halides is 1. The number of nitro benzene ring substituents is 1. The number of carbonyl (C=O) groups is 1. The van der Waals surface area contributed by atoms with E-state index in [1.165, 1.54) is 6.07 Å². The van der Waals surface area contributed by atoms with Gasteiger partial charge in [-0.25, -0.2) is 4.39 Å². The summed E-state index contributed by atoms with van der Waals surface area (Å²) < 4.78 is 13.7. The highest BCUT2D eigenvalue weighted by Gasteiger charge is 2.28. The van der Waals surface area contributed by atoms with E-state index in [-0.39, 0.29) is 11.3 Å². The Bertz CT molecular complexity index is 524. The smallest absolute Gasteiger partial charge is 0.272 e. The van der Waals surface area contributed by atoms with E-state index in [2.05, 4.69) is 15.9 Å². The Morgan fingerprint density at radius 1 is 1.58 bits per heavy atom. The molecule has 1 aliphatic rings. The van der Waals surface area contributed by atoms with E-state index < -0.39 is 16.6 Å². The molecule has 1 aromatic rings. The van der Waals surface area contributed by atoms with Crippen molar-refractivity contribution in [2.24, 2.45) is 5.92 Å². The largest absolute Gasteiger partial charge is 0.338 e. The van der Waals surface area contributed by atoms with Crippen LogP contribution in [-0.2, 0) is 0 Å². The van der Waals surface area contributed by atoms with E-state index in [9.17, 15) is 19.3 Å². The average molecular weight is 331 g/mol. The van der Waals surface area contributed by atoms with Gasteiger partial charge in [-0.15, -0.1) is 0 Å². The van der Waals surface area contributed by atoms with Crippen molar-refractivity contribution in [1.82, 2.24) is 4.90 Å². The lowest BCUT2D eigenvalue weighted by Crippen LogP contribution is -2.29. The molecular weight excluding hydrogens is 319 g/mol. The average Bonchev–Trinajstić information content (AvgIpc) is 2.86. The topological polar surface area (TPSA) is 63.4 Å². The summed E-state index contributed by atoms with van der Waals surface area (Å²) in [5.74, 6) is -0.873. The number of benzene rings is 1. The molecule has 5 nitrogen and oxygen atoms in total. The lowest BCUT2D eigenvalue weighted by Gasteiger charge is -2.16. The van der Waals surface area contributed by atoms with Crippen molar-refractivity contribution >= 4 is 27.5 Å². The Morgan fingerprint density at radius 3 is 2.84 bits per heavy atom. The predicted molar refractivity (Wildman–Crippen MR) is 70.9 cm³/mol. The molecule has 1 fully saturated rings. The second kappa shape index (κ2) is 5.64. The first kappa shape index (κ1) is 13.9. The number of amides is 1. The first-order valence-corrected chi connectivity index (χ1v) is 6.94. The normalized spacial score (nSPS) is 18.6. The van der Waals surface area contributed by atoms with Crippen molar-refractivity contribution in [3.05, 3.63) is 39.7 Å². The molecule has 0 radical (unpaired) electrons. The number of nitro groups is 1. The zero-order valence-electron chi connectivity index (χ0n) is 10.0. The van der Waals surface area contributed by atoms with E-state index in [0.29, 0.717) is 19.0 Å². The van der Waals surface area contributed by atoms with Gasteiger partial charge < -0.3 is 4.90 Å². The summed E-state index contributed by atoms with van der Waals surface area (Å²) >= 11 is 3.36. The van der Waals surface area contributed by atoms with Crippen LogP contribution in [0.15, 0.2) is 18.2 Å². The lowest BCUT2D eigenvalue weighted by molar-refractivity contribution is -0.385. The molecule has 102 valence electrons. The fourth-order valence-corrected chi connectivity index (χ4v) is 2.63. The highest BCUT2D eigenvalue weighted by molar-refractivity contribution is 9.09. The molecule has 1 aliphatic heterocycles. The molecule has 1 saturated heterocycles. The van der Waals surface area contributed by atoms with Crippen LogP contribution in [0.25, 0.3) is 0 Å². The molecule has 0 N–H and O–H groups in total. The molecule has 0 aromatic heterocycles. The minimum atomic E-state index is -0.846. The molecule has 0 bridgehead atoms. The van der Waals surface area contributed by atoms with E-state index >= 15 is 0 Å². The molecule has 19 heavy (non-hydrogen) atoms. The zero-order chi connectivity index (χ0) is 14.0. The van der Waals surface area contributed by atoms with Gasteiger partial charge in [0.25, 0.3) is 11.6 Å². The molecule has 7 heteroatoms. The molecule has 1 amide bonds. The van der Waals surface area contributed by atoms with Gasteiger partial charge in [0, 0.05) is 24.5 Å². The van der Waals surface area contributed by atoms with Crippen LogP contribution in [0.4, 0.5) is 10.1 Å². The summed E-state index contributed by atoms with van der Waals surface area (Å²) in [4.78, 5) is 23.5. The van der Waals surface area contributed by atoms with Crippen molar-refractivity contribution in [1.29, 1.82) is 0 Å². The maximum absolute atomic E-state index is 13.7. The van der Waals surface area contributed by atoms with Crippen LogP contribution < -0.4 is 0 Å². The van der Waals surface area contributed by atoms with Crippen molar-refractivity contribution in [2.75, 3.05) is 18.4 Å². The molecular formula is C12H12BrFN2O3. The van der Waals surface area contributed by atoms with Gasteiger partial charge in [0.1, 0.15) is 5.82 Å². The van der Waals surface area contributed by atoms with Crippen LogP contribution in [-0.4, -0.2) is 34.2 Å². The summed E-state index contributed by atoms with van der Waals surface area (Å²) in [7, 11) is 0. The van der Waals surface area contributed by atoms with E-state index in [0.717, 1.165) is 23.9 Å². The summed E-state index contributed by atoms with van der Waals surface area (Å²) in [5.41, 5.74) is -0.463. The second-order valence-corrected chi connectivity index (χ2v) is 5.13. The maximum Gasteiger partial charge on any atom is 0.272 e. The third kappa shape index (κ3) is 2.91. The molecule has 2 rings (SSSR count). The summed E-state index contributed by atoms with van der Waals surface area (Å²) in [6.45, 7) is 1.17. The highest BCUT2D eigenvalue weighted by Crippen LogP contribution is 2.23. The first-order valence-electron chi connectivity index (χ1n) is 5.82. The minimum absolute atomic E-state index is 0.110. The Hall–Kier alpha value is -1.50. The van der Waals surface area contributed by atoms with E-state index in [1.54, 1.807) is 4.90 Å². The number of carbonyl (C=O) groups excluding carboxylic acids is 1. The van der Waals surface area contributed by atoms with Crippen LogP contribution >= 0.6 is 15.9 Å². The number of non-ortho nitro benzene ring substituents is 1. The van der Waals surface area contributed by atoms with Crippen LogP contribution in [0.1, 0.15) is 16.8 Å². The summed E-state index contributed by atoms with van der Waals surface area (Å²) in [6, 6.07) is 3.11. The molecule has 1 heterocycles. The van der Waals surface area contributed by atoms with Gasteiger partial charge in [0.15, 0.2) is 0 Å². The fraction of sp³-hybridized carbons (Fsp3) is 0.417. The monoisotopic (exact) mass is 330 g/mol. The van der Waals surface area contributed by atoms with E-state index in [1.807, 2.05) is 0 Å². The van der Waals surface area contributed by atoms with Gasteiger partial charge in [-0.3, -0.25) is 14.9 Å². The Morgan fingerprint density at radius 2 is 2.32 bits per heavy atom. The molecule has 1 aromatic carbocycles. The van der Waals surface area contributed by atoms with Gasteiger partial charge in [-0.2, -0.15) is 0 Å². The van der Waals surface area contributed by atoms with Gasteiger partial charge in [-0.1, -0.05) is 15.9 Å². The number of likely N-dealkylation sites (tertiary alicyclic amines) is 1. The number of halogens is 2. The van der Waals surface area contributed by atoms with Crippen LogP contribution in [0.3, 0.4) is 0 Å². The molecule has 1 atom stereocenters. The molecule has 0 saturated carbocycles. The van der Waals surface area contributed by atoms with Crippen molar-refractivity contribution in [3.63, 3.8) is 0 Å². The summed E-state index contributed by atoms with van der Waals surface area (Å²) in [6.07, 6.45) is 0.881. The Balaban J connectivity index is 2.18. The van der Waals surface area contributed by atoms with Crippen LogP contribution in [0.2, 0.25) is 0 Å². The van der Waals surface area contributed by atoms with E-state index in [4.69, 9.17) is 0 Å². The lowest BCUT2D eigenvalue weighted by atomic mass is 10.1. The highest BCUT2D eigenvalue weighted by atomic mass is 79.9. The molecule has 0 aliphatic carbocycles. The van der Waals surface area contributed by atoms with Gasteiger partial charge in [0.2, 0.25) is 0 Å². The minimum Gasteiger partial charge on any atom is -0.338 e. The predicted octanol–water partition coefficient (Wildman–Crippen LogP) is 2.59. The van der Waals surface area contributed by atoms with Gasteiger partial charge >= 0.3 is 0 Å². The Labute approximate surface area is 117 Å². The third-order valence-electron chi connectivity index (χ3n) is 3.19. The SMILES string of the molecule is O=C(c1ccc([N+](=O)[O-])cc1F)N1CCC(CBr)C1. The number of hydrogen-bond acceptors (Lipinski definition) is 3. The number of hydrogen-bond donors (Lipinski definition) is 0. The Kier molecular flexibility index (Phi) is 4.14. The second-order valence-electron chi connectivity index (χ2n) is 4.48. The molecule has 1 unspecified atom stereocenters. The van der Waals surface area contributed by atoms with Gasteiger partial charge in [0.05, 0.1) is 16.6 Å². The summed E-state index contributed by atoms with van der Waals surface area (Å²) in [5, 5.41) is 11.3. The van der Waals surface area contributed by atoms with Crippen LogP contribution in [0, 0.1) is 21.8 Å². The number of rotatable bonds is 3. The maximum atomic E-state index is 13.7. The standard InChI is InChI=1S/C12H12BrFN2O3/c13-6-8-3-4-15(7-8)12(17)10-2-1-9(16(18)19)5-11(10)14/h1-2,5,8H,3-4,6-7H2. The zero-order valence-corrected chi connectivity index (χ0v) is 11.6. The fourth-order valence-electron chi connectivity index (χ4n) is 2.10. The van der Waals surface area contributed by atoms with Crippen molar-refractivity contribution in [3.8, 4) is 0 Å². The third-order valence-corrected chi connectivity index (χ3v) is 4.10.